The largest absolute Gasteiger partial charge is 0.361 e. The van der Waals surface area contributed by atoms with Gasteiger partial charge in [0.25, 0.3) is 5.91 Å². The summed E-state index contributed by atoms with van der Waals surface area (Å²) in [7, 11) is 0. The molecule has 2 aliphatic rings. The summed E-state index contributed by atoms with van der Waals surface area (Å²) in [6.07, 6.45) is 9.69. The van der Waals surface area contributed by atoms with E-state index in [1.807, 2.05) is 35.4 Å². The van der Waals surface area contributed by atoms with E-state index in [1.165, 1.54) is 0 Å². The molecule has 2 aromatic carbocycles. The van der Waals surface area contributed by atoms with Crippen molar-refractivity contribution in [3.05, 3.63) is 78.9 Å². The van der Waals surface area contributed by atoms with Crippen LogP contribution in [0.2, 0.25) is 0 Å². The number of benzene rings is 2. The summed E-state index contributed by atoms with van der Waals surface area (Å²) in [5, 5.41) is 1.15. The molecule has 1 aliphatic carbocycles. The fraction of sp³-hybridized carbons (Fsp3) is 0.286. The zero-order chi connectivity index (χ0) is 23.8. The predicted molar refractivity (Wildman–Crippen MR) is 135 cm³/mol. The lowest BCUT2D eigenvalue weighted by molar-refractivity contribution is -0.131. The van der Waals surface area contributed by atoms with E-state index in [1.54, 1.807) is 23.5 Å². The van der Waals surface area contributed by atoms with E-state index in [-0.39, 0.29) is 23.7 Å². The van der Waals surface area contributed by atoms with Crippen molar-refractivity contribution in [2.45, 2.75) is 19.3 Å². The lowest BCUT2D eigenvalue weighted by Crippen LogP contribution is -2.38. The van der Waals surface area contributed by atoms with Gasteiger partial charge in [0.05, 0.1) is 6.20 Å². The van der Waals surface area contributed by atoms with E-state index in [0.717, 1.165) is 47.8 Å². The molecule has 0 bridgehead atoms. The second-order valence-corrected chi connectivity index (χ2v) is 9.55. The van der Waals surface area contributed by atoms with Gasteiger partial charge in [0.2, 0.25) is 5.91 Å². The summed E-state index contributed by atoms with van der Waals surface area (Å²) < 4.78 is 0. The molecule has 1 atom stereocenters. The Kier molecular flexibility index (Phi) is 5.52. The molecule has 7 nitrogen and oxygen atoms in total. The minimum atomic E-state index is -0.106. The number of hydrogen-bond donors (Lipinski definition) is 1. The lowest BCUT2D eigenvalue weighted by Gasteiger charge is -2.25. The first-order chi connectivity index (χ1) is 17.2. The van der Waals surface area contributed by atoms with E-state index < -0.39 is 0 Å². The topological polar surface area (TPSA) is 82.2 Å². The van der Waals surface area contributed by atoms with Gasteiger partial charge in [-0.3, -0.25) is 19.5 Å². The van der Waals surface area contributed by atoms with Crippen molar-refractivity contribution >= 4 is 28.5 Å². The summed E-state index contributed by atoms with van der Waals surface area (Å²) >= 11 is 0. The normalized spacial score (nSPS) is 17.6. The smallest absolute Gasteiger partial charge is 0.259 e. The average molecular weight is 466 g/mol. The highest BCUT2D eigenvalue weighted by molar-refractivity contribution is 6.05. The van der Waals surface area contributed by atoms with Gasteiger partial charge >= 0.3 is 0 Å². The summed E-state index contributed by atoms with van der Waals surface area (Å²) in [5.41, 5.74) is 3.87. The summed E-state index contributed by atoms with van der Waals surface area (Å²) in [5.74, 6) is 1.15. The first kappa shape index (κ1) is 21.5. The molecule has 1 aliphatic heterocycles. The highest BCUT2D eigenvalue weighted by Crippen LogP contribution is 2.33. The SMILES string of the molecule is O=C(C1CC1)N1CCC(CN(C(=O)c2ccc(-c3ccc4[nH]ccc4c3)cc2)c2cnccn2)C1. The molecule has 2 amide bonds. The number of amides is 2. The maximum atomic E-state index is 13.6. The van der Waals surface area contributed by atoms with Crippen LogP contribution in [0.25, 0.3) is 22.0 Å². The van der Waals surface area contributed by atoms with Gasteiger partial charge in [-0.05, 0) is 72.0 Å². The number of nitrogens with zero attached hydrogens (tertiary/aromatic N) is 4. The molecule has 1 saturated heterocycles. The average Bonchev–Trinajstić information content (AvgIpc) is 3.46. The summed E-state index contributed by atoms with van der Waals surface area (Å²) in [4.78, 5) is 41.6. The van der Waals surface area contributed by atoms with Crippen molar-refractivity contribution in [1.82, 2.24) is 19.9 Å². The second-order valence-electron chi connectivity index (χ2n) is 9.55. The van der Waals surface area contributed by atoms with Crippen LogP contribution < -0.4 is 4.90 Å². The minimum absolute atomic E-state index is 0.106. The molecule has 0 spiro atoms. The molecule has 1 N–H and O–H groups in total. The maximum Gasteiger partial charge on any atom is 0.259 e. The predicted octanol–water partition coefficient (Wildman–Crippen LogP) is 4.53. The number of rotatable bonds is 6. The Labute approximate surface area is 203 Å². The molecule has 1 saturated carbocycles. The van der Waals surface area contributed by atoms with Crippen LogP contribution in [0.15, 0.2) is 73.3 Å². The Hall–Kier alpha value is -4.00. The van der Waals surface area contributed by atoms with Crippen LogP contribution in [0, 0.1) is 11.8 Å². The molecule has 35 heavy (non-hydrogen) atoms. The number of aromatic amines is 1. The van der Waals surface area contributed by atoms with Crippen molar-refractivity contribution < 1.29 is 9.59 Å². The van der Waals surface area contributed by atoms with Gasteiger partial charge < -0.3 is 9.88 Å². The third-order valence-electron chi connectivity index (χ3n) is 7.05. The Bertz CT molecular complexity index is 1360. The number of likely N-dealkylation sites (tertiary alicyclic amines) is 1. The summed E-state index contributed by atoms with van der Waals surface area (Å²) in [6.45, 7) is 1.97. The molecule has 1 unspecified atom stereocenters. The van der Waals surface area contributed by atoms with Gasteiger partial charge in [0.15, 0.2) is 5.82 Å². The fourth-order valence-electron chi connectivity index (χ4n) is 4.93. The third kappa shape index (κ3) is 4.41. The van der Waals surface area contributed by atoms with Crippen LogP contribution in [0.3, 0.4) is 0 Å². The molecular weight excluding hydrogens is 438 g/mol. The highest BCUT2D eigenvalue weighted by atomic mass is 16.2. The van der Waals surface area contributed by atoms with E-state index >= 15 is 0 Å². The summed E-state index contributed by atoms with van der Waals surface area (Å²) in [6, 6.07) is 16.1. The monoisotopic (exact) mass is 465 g/mol. The van der Waals surface area contributed by atoms with E-state index in [0.29, 0.717) is 24.5 Å². The van der Waals surface area contributed by atoms with Crippen LogP contribution in [0.1, 0.15) is 29.6 Å². The number of carbonyl (C=O) groups is 2. The molecule has 3 heterocycles. The molecule has 0 radical (unpaired) electrons. The van der Waals surface area contributed by atoms with Crippen molar-refractivity contribution in [3.8, 4) is 11.1 Å². The Morgan fingerprint density at radius 3 is 2.60 bits per heavy atom. The van der Waals surface area contributed by atoms with Crippen LogP contribution in [-0.2, 0) is 4.79 Å². The number of hydrogen-bond acceptors (Lipinski definition) is 4. The van der Waals surface area contributed by atoms with Gasteiger partial charge in [-0.25, -0.2) is 4.98 Å². The molecule has 2 fully saturated rings. The molecule has 6 rings (SSSR count). The van der Waals surface area contributed by atoms with Crippen LogP contribution in [0.4, 0.5) is 5.82 Å². The molecule has 4 aromatic rings. The number of fused-ring (bicyclic) bond motifs is 1. The lowest BCUT2D eigenvalue weighted by atomic mass is 10.0. The molecule has 7 heteroatoms. The van der Waals surface area contributed by atoms with Crippen molar-refractivity contribution in [3.63, 3.8) is 0 Å². The van der Waals surface area contributed by atoms with Crippen molar-refractivity contribution in [2.75, 3.05) is 24.5 Å². The van der Waals surface area contributed by atoms with Crippen LogP contribution >= 0.6 is 0 Å². The standard InChI is InChI=1S/C28H27N5O2/c34-27(21-5-6-21)32-14-10-19(17-32)18-33(26-16-29-12-13-31-26)28(35)22-3-1-20(2-4-22)23-7-8-25-24(15-23)9-11-30-25/h1-4,7-9,11-13,15-16,19,21,30H,5-6,10,14,17-18H2. The quantitative estimate of drug-likeness (QED) is 0.454. The maximum absolute atomic E-state index is 13.6. The first-order valence-electron chi connectivity index (χ1n) is 12.2. The van der Waals surface area contributed by atoms with E-state index in [2.05, 4.69) is 39.2 Å². The van der Waals surface area contributed by atoms with Gasteiger partial charge in [-0.1, -0.05) is 18.2 Å². The highest BCUT2D eigenvalue weighted by Gasteiger charge is 2.37. The Morgan fingerprint density at radius 2 is 1.83 bits per heavy atom. The molecule has 176 valence electrons. The van der Waals surface area contributed by atoms with Crippen LogP contribution in [0.5, 0.6) is 0 Å². The second kappa shape index (κ2) is 8.98. The van der Waals surface area contributed by atoms with Gasteiger partial charge in [0.1, 0.15) is 0 Å². The zero-order valence-corrected chi connectivity index (χ0v) is 19.4. The first-order valence-corrected chi connectivity index (χ1v) is 12.2. The minimum Gasteiger partial charge on any atom is -0.361 e. The number of anilines is 1. The fourth-order valence-corrected chi connectivity index (χ4v) is 4.93. The van der Waals surface area contributed by atoms with E-state index in [9.17, 15) is 9.59 Å². The number of nitrogens with one attached hydrogen (secondary N) is 1. The van der Waals surface area contributed by atoms with Crippen molar-refractivity contribution in [2.24, 2.45) is 11.8 Å². The van der Waals surface area contributed by atoms with Gasteiger partial charge in [-0.2, -0.15) is 0 Å². The number of aromatic nitrogens is 3. The van der Waals surface area contributed by atoms with E-state index in [4.69, 9.17) is 0 Å². The van der Waals surface area contributed by atoms with Gasteiger partial charge in [-0.15, -0.1) is 0 Å². The van der Waals surface area contributed by atoms with Crippen molar-refractivity contribution in [1.29, 1.82) is 0 Å². The Morgan fingerprint density at radius 1 is 1.00 bits per heavy atom. The molecule has 2 aromatic heterocycles. The number of carbonyl (C=O) groups excluding carboxylic acids is 2. The Balaban J connectivity index is 1.21. The zero-order valence-electron chi connectivity index (χ0n) is 19.4. The number of H-pyrrole nitrogens is 1. The molecular formula is C28H27N5O2. The third-order valence-corrected chi connectivity index (χ3v) is 7.05. The van der Waals surface area contributed by atoms with Gasteiger partial charge in [0, 0.05) is 55.2 Å². The van der Waals surface area contributed by atoms with Crippen LogP contribution in [-0.4, -0.2) is 51.3 Å².